The van der Waals surface area contributed by atoms with E-state index < -0.39 is 0 Å². The minimum absolute atomic E-state index is 0.654. The summed E-state index contributed by atoms with van der Waals surface area (Å²) >= 11 is 0. The molecule has 0 saturated carbocycles. The van der Waals surface area contributed by atoms with E-state index >= 15 is 0 Å². The van der Waals surface area contributed by atoms with E-state index in [2.05, 4.69) is 138 Å². The summed E-state index contributed by atoms with van der Waals surface area (Å²) in [4.78, 5) is 10.6. The number of para-hydroxylation sites is 2. The third-order valence-electron chi connectivity index (χ3n) is 9.18. The molecular weight excluding hydrogens is 562 g/mol. The van der Waals surface area contributed by atoms with Crippen molar-refractivity contribution in [1.29, 1.82) is 0 Å². The number of rotatable bonds is 3. The van der Waals surface area contributed by atoms with Crippen LogP contribution < -0.4 is 0 Å². The van der Waals surface area contributed by atoms with Gasteiger partial charge >= 0.3 is 0 Å². The number of benzene rings is 7. The van der Waals surface area contributed by atoms with Crippen LogP contribution in [0.1, 0.15) is 0 Å². The Morgan fingerprint density at radius 1 is 0.413 bits per heavy atom. The van der Waals surface area contributed by atoms with Crippen LogP contribution >= 0.6 is 0 Å². The van der Waals surface area contributed by atoms with E-state index in [1.807, 2.05) is 18.2 Å². The highest BCUT2D eigenvalue weighted by Gasteiger charge is 2.18. The van der Waals surface area contributed by atoms with Gasteiger partial charge in [0.2, 0.25) is 5.95 Å². The maximum absolute atomic E-state index is 6.11. The number of furan rings is 1. The van der Waals surface area contributed by atoms with Crippen molar-refractivity contribution in [3.8, 4) is 28.3 Å². The van der Waals surface area contributed by atoms with Gasteiger partial charge in [0.05, 0.1) is 22.2 Å². The van der Waals surface area contributed by atoms with E-state index in [0.717, 1.165) is 66.3 Å². The van der Waals surface area contributed by atoms with E-state index in [1.165, 1.54) is 21.5 Å². The van der Waals surface area contributed by atoms with Crippen LogP contribution in [0.3, 0.4) is 0 Å². The van der Waals surface area contributed by atoms with Gasteiger partial charge in [0.1, 0.15) is 11.2 Å². The summed E-state index contributed by atoms with van der Waals surface area (Å²) in [6.07, 6.45) is 0. The van der Waals surface area contributed by atoms with E-state index in [9.17, 15) is 0 Å². The van der Waals surface area contributed by atoms with Crippen molar-refractivity contribution in [2.24, 2.45) is 0 Å². The third-order valence-corrected chi connectivity index (χ3v) is 9.18. The molecule has 7 aromatic carbocycles. The molecule has 0 N–H and O–H groups in total. The molecule has 0 aliphatic carbocycles. The van der Waals surface area contributed by atoms with Crippen LogP contribution in [0.15, 0.2) is 156 Å². The van der Waals surface area contributed by atoms with Gasteiger partial charge in [-0.3, -0.25) is 4.57 Å². The Morgan fingerprint density at radius 3 is 2.00 bits per heavy atom. The summed E-state index contributed by atoms with van der Waals surface area (Å²) < 4.78 is 8.33. The zero-order chi connectivity index (χ0) is 30.2. The van der Waals surface area contributed by atoms with Gasteiger partial charge in [0.15, 0.2) is 0 Å². The Labute approximate surface area is 263 Å². The van der Waals surface area contributed by atoms with E-state index in [1.54, 1.807) is 0 Å². The molecule has 0 amide bonds. The standard InChI is InChI=1S/C42H25N3O/c1-2-10-26(11-3-1)41-33-20-18-30(29-19-21-40-35(23-29)32-15-7-9-17-39(32)46-40)24-36(33)43-42(44-41)45-37-16-8-6-14-31(37)34-22-27-12-4-5-13-28(27)25-38(34)45/h1-25H. The summed E-state index contributed by atoms with van der Waals surface area (Å²) in [6.45, 7) is 0. The van der Waals surface area contributed by atoms with Crippen LogP contribution in [0.2, 0.25) is 0 Å². The molecule has 4 nitrogen and oxygen atoms in total. The molecule has 0 fully saturated rings. The number of fused-ring (bicyclic) bond motifs is 8. The Balaban J connectivity index is 1.25. The molecule has 0 aliphatic heterocycles. The first-order valence-electron chi connectivity index (χ1n) is 15.5. The highest BCUT2D eigenvalue weighted by atomic mass is 16.3. The lowest BCUT2D eigenvalue weighted by Gasteiger charge is -2.13. The number of hydrogen-bond acceptors (Lipinski definition) is 3. The number of aromatic nitrogens is 3. The van der Waals surface area contributed by atoms with Crippen molar-refractivity contribution in [2.45, 2.75) is 0 Å². The van der Waals surface area contributed by atoms with Crippen molar-refractivity contribution in [2.75, 3.05) is 0 Å². The molecule has 0 radical (unpaired) electrons. The molecule has 0 atom stereocenters. The second kappa shape index (κ2) is 9.62. The molecule has 10 rings (SSSR count). The predicted octanol–water partition coefficient (Wildman–Crippen LogP) is 11.1. The average molecular weight is 588 g/mol. The van der Waals surface area contributed by atoms with Crippen LogP contribution in [-0.4, -0.2) is 14.5 Å². The Hall–Kier alpha value is -6.26. The maximum atomic E-state index is 6.11. The number of nitrogens with zero attached hydrogens (tertiary/aromatic N) is 3. The average Bonchev–Trinajstić information content (AvgIpc) is 3.65. The number of hydrogen-bond donors (Lipinski definition) is 0. The molecule has 0 saturated heterocycles. The summed E-state index contributed by atoms with van der Waals surface area (Å²) in [5, 5.41) is 8.02. The van der Waals surface area contributed by atoms with Gasteiger partial charge in [0.25, 0.3) is 0 Å². The van der Waals surface area contributed by atoms with Gasteiger partial charge in [-0.25, -0.2) is 9.97 Å². The Bertz CT molecular complexity index is 2810. The molecule has 0 spiro atoms. The normalized spacial score (nSPS) is 11.9. The first-order valence-corrected chi connectivity index (χ1v) is 15.5. The van der Waals surface area contributed by atoms with Crippen molar-refractivity contribution in [3.05, 3.63) is 152 Å². The second-order valence-electron chi connectivity index (χ2n) is 11.8. The fourth-order valence-corrected chi connectivity index (χ4v) is 6.99. The van der Waals surface area contributed by atoms with Crippen molar-refractivity contribution in [3.63, 3.8) is 0 Å². The Morgan fingerprint density at radius 2 is 1.11 bits per heavy atom. The summed E-state index contributed by atoms with van der Waals surface area (Å²) in [6, 6.07) is 53.2. The van der Waals surface area contributed by atoms with Gasteiger partial charge in [0, 0.05) is 32.5 Å². The largest absolute Gasteiger partial charge is 0.456 e. The lowest BCUT2D eigenvalue weighted by Crippen LogP contribution is -2.03. The summed E-state index contributed by atoms with van der Waals surface area (Å²) in [5.74, 6) is 0.654. The molecule has 4 heteroatoms. The van der Waals surface area contributed by atoms with Crippen LogP contribution in [0, 0.1) is 0 Å². The lowest BCUT2D eigenvalue weighted by molar-refractivity contribution is 0.669. The van der Waals surface area contributed by atoms with Gasteiger partial charge < -0.3 is 4.42 Å². The van der Waals surface area contributed by atoms with Crippen molar-refractivity contribution in [1.82, 2.24) is 14.5 Å². The van der Waals surface area contributed by atoms with Crippen LogP contribution in [0.4, 0.5) is 0 Å². The van der Waals surface area contributed by atoms with E-state index in [-0.39, 0.29) is 0 Å². The zero-order valence-electron chi connectivity index (χ0n) is 24.7. The molecule has 46 heavy (non-hydrogen) atoms. The highest BCUT2D eigenvalue weighted by molar-refractivity contribution is 6.13. The third kappa shape index (κ3) is 3.74. The molecule has 0 bridgehead atoms. The molecule has 0 aliphatic rings. The first-order chi connectivity index (χ1) is 22.8. The van der Waals surface area contributed by atoms with Crippen molar-refractivity contribution < 1.29 is 4.42 Å². The first kappa shape index (κ1) is 25.1. The van der Waals surface area contributed by atoms with Crippen LogP contribution in [-0.2, 0) is 0 Å². The van der Waals surface area contributed by atoms with Gasteiger partial charge in [-0.05, 0) is 70.4 Å². The summed E-state index contributed by atoms with van der Waals surface area (Å²) in [5.41, 5.74) is 9.04. The van der Waals surface area contributed by atoms with Crippen molar-refractivity contribution >= 4 is 65.4 Å². The molecular formula is C42H25N3O. The highest BCUT2D eigenvalue weighted by Crippen LogP contribution is 2.37. The maximum Gasteiger partial charge on any atom is 0.235 e. The van der Waals surface area contributed by atoms with Gasteiger partial charge in [-0.1, -0.05) is 103 Å². The quantitative estimate of drug-likeness (QED) is 0.207. The zero-order valence-corrected chi connectivity index (χ0v) is 24.7. The fraction of sp³-hybridized carbons (Fsp3) is 0. The van der Waals surface area contributed by atoms with Gasteiger partial charge in [-0.2, -0.15) is 0 Å². The summed E-state index contributed by atoms with van der Waals surface area (Å²) in [7, 11) is 0. The topological polar surface area (TPSA) is 43.9 Å². The monoisotopic (exact) mass is 587 g/mol. The second-order valence-corrected chi connectivity index (χ2v) is 11.8. The lowest BCUT2D eigenvalue weighted by atomic mass is 9.99. The molecule has 214 valence electrons. The minimum Gasteiger partial charge on any atom is -0.456 e. The predicted molar refractivity (Wildman–Crippen MR) is 190 cm³/mol. The van der Waals surface area contributed by atoms with E-state index in [4.69, 9.17) is 14.4 Å². The van der Waals surface area contributed by atoms with Crippen LogP contribution in [0.5, 0.6) is 0 Å². The fourth-order valence-electron chi connectivity index (χ4n) is 6.99. The Kier molecular flexibility index (Phi) is 5.25. The molecule has 3 aromatic heterocycles. The van der Waals surface area contributed by atoms with E-state index in [0.29, 0.717) is 5.95 Å². The molecule has 10 aromatic rings. The minimum atomic E-state index is 0.654. The smallest absolute Gasteiger partial charge is 0.235 e. The van der Waals surface area contributed by atoms with Gasteiger partial charge in [-0.15, -0.1) is 0 Å². The van der Waals surface area contributed by atoms with Crippen LogP contribution in [0.25, 0.3) is 93.8 Å². The molecule has 0 unspecified atom stereocenters. The molecule has 3 heterocycles. The SMILES string of the molecule is c1ccc(-c2nc(-n3c4ccccc4c4cc5ccccc5cc43)nc3cc(-c4ccc5oc6ccccc6c5c4)ccc23)cc1.